The van der Waals surface area contributed by atoms with Crippen LogP contribution in [0, 0.1) is 5.92 Å². The summed E-state index contributed by atoms with van der Waals surface area (Å²) in [5.41, 5.74) is 3.52. The van der Waals surface area contributed by atoms with Crippen molar-refractivity contribution in [3.63, 3.8) is 0 Å². The first-order valence-electron chi connectivity index (χ1n) is 5.65. The second-order valence-corrected chi connectivity index (χ2v) is 4.29. The second-order valence-electron chi connectivity index (χ2n) is 4.29. The predicted molar refractivity (Wildman–Crippen MR) is 54.7 cm³/mol. The first-order chi connectivity index (χ1) is 6.33. The molecule has 0 aromatic rings. The maximum Gasteiger partial charge on any atom is 0.0612 e. The minimum absolute atomic E-state index is 0.460. The molecular formula is C12H20O. The van der Waals surface area contributed by atoms with Crippen molar-refractivity contribution >= 4 is 0 Å². The number of allylic oxidation sites excluding steroid dienone is 1. The Bertz CT molecular complexity index is 211. The van der Waals surface area contributed by atoms with Crippen molar-refractivity contribution < 1.29 is 4.74 Å². The summed E-state index contributed by atoms with van der Waals surface area (Å²) in [5, 5.41) is 0. The minimum Gasteiger partial charge on any atom is -0.378 e. The zero-order valence-corrected chi connectivity index (χ0v) is 8.81. The molecular weight excluding hydrogens is 160 g/mol. The normalized spacial score (nSPS) is 29.5. The molecule has 2 aliphatic rings. The number of hydrogen-bond donors (Lipinski definition) is 0. The number of hydrogen-bond acceptors (Lipinski definition) is 1. The van der Waals surface area contributed by atoms with E-state index < -0.39 is 0 Å². The lowest BCUT2D eigenvalue weighted by molar-refractivity contribution is 0.0275. The molecule has 2 aliphatic carbocycles. The molecule has 0 saturated heterocycles. The molecule has 0 spiro atoms. The standard InChI is InChI=1S/C12H20O/c1-3-13-9(2)11-7-8-12(11)10-5-4-6-10/h9,11H,3-8H2,1-2H3. The van der Waals surface area contributed by atoms with Gasteiger partial charge in [0, 0.05) is 12.5 Å². The summed E-state index contributed by atoms with van der Waals surface area (Å²) in [6.07, 6.45) is 7.36. The quantitative estimate of drug-likeness (QED) is 0.605. The molecule has 0 bridgehead atoms. The summed E-state index contributed by atoms with van der Waals surface area (Å²) in [5.74, 6) is 0.773. The van der Waals surface area contributed by atoms with Crippen molar-refractivity contribution in [3.8, 4) is 0 Å². The van der Waals surface area contributed by atoms with Gasteiger partial charge in [-0.05, 0) is 46.0 Å². The average Bonchev–Trinajstić information content (AvgIpc) is 1.94. The van der Waals surface area contributed by atoms with Gasteiger partial charge in [-0.15, -0.1) is 0 Å². The van der Waals surface area contributed by atoms with Crippen LogP contribution in [-0.2, 0) is 4.74 Å². The molecule has 1 nitrogen and oxygen atoms in total. The molecule has 0 heterocycles. The smallest absolute Gasteiger partial charge is 0.0612 e. The van der Waals surface area contributed by atoms with E-state index in [2.05, 4.69) is 13.8 Å². The molecule has 2 atom stereocenters. The van der Waals surface area contributed by atoms with Gasteiger partial charge in [-0.1, -0.05) is 11.1 Å². The molecule has 0 N–H and O–H groups in total. The maximum atomic E-state index is 5.66. The van der Waals surface area contributed by atoms with Gasteiger partial charge in [-0.25, -0.2) is 0 Å². The van der Waals surface area contributed by atoms with Gasteiger partial charge < -0.3 is 4.74 Å². The molecule has 0 aliphatic heterocycles. The van der Waals surface area contributed by atoms with Crippen molar-refractivity contribution in [2.24, 2.45) is 5.92 Å². The Morgan fingerprint density at radius 1 is 1.38 bits per heavy atom. The number of rotatable bonds is 3. The van der Waals surface area contributed by atoms with Crippen LogP contribution in [0.25, 0.3) is 0 Å². The van der Waals surface area contributed by atoms with Crippen LogP contribution in [-0.4, -0.2) is 12.7 Å². The van der Waals surface area contributed by atoms with Gasteiger partial charge in [-0.3, -0.25) is 0 Å². The Labute approximate surface area is 81.2 Å². The van der Waals surface area contributed by atoms with Gasteiger partial charge >= 0.3 is 0 Å². The van der Waals surface area contributed by atoms with Gasteiger partial charge in [0.25, 0.3) is 0 Å². The summed E-state index contributed by atoms with van der Waals surface area (Å²) < 4.78 is 5.66. The lowest BCUT2D eigenvalue weighted by Gasteiger charge is -2.39. The van der Waals surface area contributed by atoms with E-state index in [1.807, 2.05) is 0 Å². The second kappa shape index (κ2) is 3.83. The first kappa shape index (κ1) is 9.26. The molecule has 0 aromatic heterocycles. The molecule has 13 heavy (non-hydrogen) atoms. The summed E-state index contributed by atoms with van der Waals surface area (Å²) in [7, 11) is 0. The van der Waals surface area contributed by atoms with Crippen LogP contribution in [0.2, 0.25) is 0 Å². The molecule has 0 amide bonds. The van der Waals surface area contributed by atoms with E-state index in [-0.39, 0.29) is 0 Å². The molecule has 2 saturated carbocycles. The summed E-state index contributed by atoms with van der Waals surface area (Å²) >= 11 is 0. The van der Waals surface area contributed by atoms with Crippen molar-refractivity contribution in [2.75, 3.05) is 6.61 Å². The highest BCUT2D eigenvalue weighted by molar-refractivity contribution is 5.27. The third kappa shape index (κ3) is 1.67. The Kier molecular flexibility index (Phi) is 2.73. The third-order valence-corrected chi connectivity index (χ3v) is 3.58. The zero-order chi connectivity index (χ0) is 9.26. The van der Waals surface area contributed by atoms with Crippen molar-refractivity contribution in [1.29, 1.82) is 0 Å². The molecule has 74 valence electrons. The highest BCUT2D eigenvalue weighted by Gasteiger charge is 2.33. The lowest BCUT2D eigenvalue weighted by atomic mass is 9.70. The molecule has 1 heteroatoms. The largest absolute Gasteiger partial charge is 0.378 e. The van der Waals surface area contributed by atoms with Crippen LogP contribution in [0.15, 0.2) is 11.1 Å². The molecule has 2 fully saturated rings. The van der Waals surface area contributed by atoms with Gasteiger partial charge in [0.1, 0.15) is 0 Å². The summed E-state index contributed by atoms with van der Waals surface area (Å²) in [4.78, 5) is 0. The first-order valence-corrected chi connectivity index (χ1v) is 5.65. The lowest BCUT2D eigenvalue weighted by Crippen LogP contribution is -2.31. The van der Waals surface area contributed by atoms with E-state index in [0.29, 0.717) is 6.10 Å². The van der Waals surface area contributed by atoms with E-state index in [0.717, 1.165) is 12.5 Å². The fourth-order valence-electron chi connectivity index (χ4n) is 2.47. The summed E-state index contributed by atoms with van der Waals surface area (Å²) in [6.45, 7) is 5.18. The van der Waals surface area contributed by atoms with Crippen LogP contribution in [0.3, 0.4) is 0 Å². The minimum atomic E-state index is 0.460. The van der Waals surface area contributed by atoms with Crippen molar-refractivity contribution in [3.05, 3.63) is 11.1 Å². The third-order valence-electron chi connectivity index (χ3n) is 3.58. The van der Waals surface area contributed by atoms with Crippen molar-refractivity contribution in [1.82, 2.24) is 0 Å². The molecule has 0 aromatic carbocycles. The molecule has 2 rings (SSSR count). The van der Waals surface area contributed by atoms with E-state index in [1.165, 1.54) is 32.1 Å². The highest BCUT2D eigenvalue weighted by atomic mass is 16.5. The molecule has 2 unspecified atom stereocenters. The van der Waals surface area contributed by atoms with Crippen LogP contribution in [0.4, 0.5) is 0 Å². The SMILES string of the molecule is CCOC(C)C1CCC1=C1CCC1. The van der Waals surface area contributed by atoms with Gasteiger partial charge in [0.15, 0.2) is 0 Å². The van der Waals surface area contributed by atoms with Gasteiger partial charge in [-0.2, -0.15) is 0 Å². The van der Waals surface area contributed by atoms with Crippen LogP contribution in [0.5, 0.6) is 0 Å². The summed E-state index contributed by atoms with van der Waals surface area (Å²) in [6, 6.07) is 0. The fourth-order valence-corrected chi connectivity index (χ4v) is 2.47. The van der Waals surface area contributed by atoms with Crippen molar-refractivity contribution in [2.45, 2.75) is 52.1 Å². The van der Waals surface area contributed by atoms with Gasteiger partial charge in [0.2, 0.25) is 0 Å². The highest BCUT2D eigenvalue weighted by Crippen LogP contribution is 2.44. The Balaban J connectivity index is 1.93. The van der Waals surface area contributed by atoms with Crippen LogP contribution in [0.1, 0.15) is 46.0 Å². The Morgan fingerprint density at radius 2 is 2.15 bits per heavy atom. The fraction of sp³-hybridized carbons (Fsp3) is 0.833. The topological polar surface area (TPSA) is 9.23 Å². The van der Waals surface area contributed by atoms with E-state index >= 15 is 0 Å². The van der Waals surface area contributed by atoms with E-state index in [1.54, 1.807) is 11.1 Å². The maximum absolute atomic E-state index is 5.66. The predicted octanol–water partition coefficient (Wildman–Crippen LogP) is 3.30. The average molecular weight is 180 g/mol. The Morgan fingerprint density at radius 3 is 2.54 bits per heavy atom. The van der Waals surface area contributed by atoms with Gasteiger partial charge in [0.05, 0.1) is 6.10 Å². The van der Waals surface area contributed by atoms with Crippen LogP contribution >= 0.6 is 0 Å². The van der Waals surface area contributed by atoms with E-state index in [9.17, 15) is 0 Å². The van der Waals surface area contributed by atoms with E-state index in [4.69, 9.17) is 4.74 Å². The monoisotopic (exact) mass is 180 g/mol. The molecule has 0 radical (unpaired) electrons. The van der Waals surface area contributed by atoms with Crippen LogP contribution < -0.4 is 0 Å². The Hall–Kier alpha value is -0.300. The zero-order valence-electron chi connectivity index (χ0n) is 8.81. The number of ether oxygens (including phenoxy) is 1.